The first-order valence-electron chi connectivity index (χ1n) is 7.69. The molecule has 0 aliphatic heterocycles. The summed E-state index contributed by atoms with van der Waals surface area (Å²) >= 11 is 0. The van der Waals surface area contributed by atoms with Crippen molar-refractivity contribution >= 4 is 16.0 Å². The summed E-state index contributed by atoms with van der Waals surface area (Å²) in [4.78, 5) is 14.8. The standard InChI is InChI=1S/C16H19F2N3O4S/c1-10(2)12-5-4-11(15(22)23)8-13(12)26(24,25)20(3)9-14-19-6-7-21(14)16(17)18/h4-8,10,16H,9H2,1-3H3,(H,22,23). The zero-order valence-corrected chi connectivity index (χ0v) is 15.2. The van der Waals surface area contributed by atoms with Crippen LogP contribution >= 0.6 is 0 Å². The number of alkyl halides is 2. The summed E-state index contributed by atoms with van der Waals surface area (Å²) < 4.78 is 53.2. The summed E-state index contributed by atoms with van der Waals surface area (Å²) in [5.74, 6) is -1.56. The molecule has 0 spiro atoms. The molecule has 26 heavy (non-hydrogen) atoms. The van der Waals surface area contributed by atoms with E-state index in [-0.39, 0.29) is 28.7 Å². The van der Waals surface area contributed by atoms with Crippen molar-refractivity contribution in [2.45, 2.75) is 37.8 Å². The Labute approximate surface area is 149 Å². The molecule has 0 aliphatic rings. The Hall–Kier alpha value is -2.33. The molecule has 2 rings (SSSR count). The van der Waals surface area contributed by atoms with Crippen LogP contribution in [0.1, 0.15) is 48.1 Å². The van der Waals surface area contributed by atoms with Crippen LogP contribution in [0.3, 0.4) is 0 Å². The van der Waals surface area contributed by atoms with E-state index in [0.29, 0.717) is 10.1 Å². The third-order valence-corrected chi connectivity index (χ3v) is 5.75. The molecule has 0 saturated heterocycles. The molecule has 0 bridgehead atoms. The van der Waals surface area contributed by atoms with E-state index in [9.17, 15) is 22.0 Å². The first kappa shape index (κ1) is 20.0. The van der Waals surface area contributed by atoms with Crippen molar-refractivity contribution in [3.05, 3.63) is 47.5 Å². The Kier molecular flexibility index (Phi) is 5.77. The molecule has 1 N–H and O–H groups in total. The van der Waals surface area contributed by atoms with Crippen molar-refractivity contribution in [3.63, 3.8) is 0 Å². The van der Waals surface area contributed by atoms with Crippen LogP contribution < -0.4 is 0 Å². The first-order chi connectivity index (χ1) is 12.1. The van der Waals surface area contributed by atoms with Crippen molar-refractivity contribution in [1.29, 1.82) is 0 Å². The fraction of sp³-hybridized carbons (Fsp3) is 0.375. The van der Waals surface area contributed by atoms with Gasteiger partial charge in [-0.25, -0.2) is 18.2 Å². The first-order valence-corrected chi connectivity index (χ1v) is 9.13. The van der Waals surface area contributed by atoms with Gasteiger partial charge in [0.15, 0.2) is 0 Å². The molecule has 1 heterocycles. The van der Waals surface area contributed by atoms with Crippen molar-refractivity contribution < 1.29 is 27.1 Å². The van der Waals surface area contributed by atoms with E-state index in [1.54, 1.807) is 13.8 Å². The topological polar surface area (TPSA) is 92.5 Å². The second kappa shape index (κ2) is 7.50. The van der Waals surface area contributed by atoms with Gasteiger partial charge < -0.3 is 5.11 Å². The number of benzene rings is 1. The largest absolute Gasteiger partial charge is 0.478 e. The van der Waals surface area contributed by atoms with Gasteiger partial charge in [-0.05, 0) is 23.6 Å². The summed E-state index contributed by atoms with van der Waals surface area (Å²) in [5, 5.41) is 9.14. The van der Waals surface area contributed by atoms with E-state index in [0.717, 1.165) is 22.8 Å². The van der Waals surface area contributed by atoms with Crippen LogP contribution in [0.4, 0.5) is 8.78 Å². The number of hydrogen-bond donors (Lipinski definition) is 1. The number of hydrogen-bond acceptors (Lipinski definition) is 4. The van der Waals surface area contributed by atoms with Crippen LogP contribution in [0.15, 0.2) is 35.5 Å². The fourth-order valence-electron chi connectivity index (χ4n) is 2.46. The maximum Gasteiger partial charge on any atom is 0.335 e. The lowest BCUT2D eigenvalue weighted by Gasteiger charge is -2.21. The van der Waals surface area contributed by atoms with E-state index >= 15 is 0 Å². The van der Waals surface area contributed by atoms with Crippen LogP contribution in [-0.2, 0) is 16.6 Å². The molecular formula is C16H19F2N3O4S. The van der Waals surface area contributed by atoms with Crippen molar-refractivity contribution in [1.82, 2.24) is 13.9 Å². The van der Waals surface area contributed by atoms with E-state index in [4.69, 9.17) is 5.11 Å². The van der Waals surface area contributed by atoms with Gasteiger partial charge in [0, 0.05) is 19.4 Å². The molecule has 0 radical (unpaired) electrons. The molecule has 10 heteroatoms. The number of aromatic carboxylic acids is 1. The number of carboxylic acids is 1. The highest BCUT2D eigenvalue weighted by atomic mass is 32.2. The molecule has 142 valence electrons. The van der Waals surface area contributed by atoms with Crippen LogP contribution in [0, 0.1) is 0 Å². The van der Waals surface area contributed by atoms with E-state index in [1.807, 2.05) is 0 Å². The number of aromatic nitrogens is 2. The van der Waals surface area contributed by atoms with Crippen LogP contribution in [0.2, 0.25) is 0 Å². The summed E-state index contributed by atoms with van der Waals surface area (Å²) in [6.45, 7) is 0.329. The Bertz CT molecular complexity index is 910. The molecule has 2 aromatic rings. The summed E-state index contributed by atoms with van der Waals surface area (Å²) in [5.41, 5.74) is 0.273. The number of halogens is 2. The summed E-state index contributed by atoms with van der Waals surface area (Å²) in [6, 6.07) is 3.87. The molecule has 0 unspecified atom stereocenters. The molecule has 1 aromatic heterocycles. The second-order valence-corrected chi connectivity index (χ2v) is 8.02. The van der Waals surface area contributed by atoms with Gasteiger partial charge >= 0.3 is 12.5 Å². The third-order valence-electron chi connectivity index (χ3n) is 3.89. The van der Waals surface area contributed by atoms with Gasteiger partial charge in [-0.3, -0.25) is 4.57 Å². The quantitative estimate of drug-likeness (QED) is 0.789. The fourth-order valence-corrected chi connectivity index (χ4v) is 3.96. The monoisotopic (exact) mass is 387 g/mol. The minimum absolute atomic E-state index is 0.119. The molecule has 0 fully saturated rings. The molecule has 0 saturated carbocycles. The Morgan fingerprint density at radius 3 is 2.54 bits per heavy atom. The maximum atomic E-state index is 12.9. The lowest BCUT2D eigenvalue weighted by Crippen LogP contribution is -2.29. The maximum absolute atomic E-state index is 12.9. The summed E-state index contributed by atoms with van der Waals surface area (Å²) in [6.07, 6.45) is 2.22. The molecule has 1 aromatic carbocycles. The number of sulfonamides is 1. The van der Waals surface area contributed by atoms with Crippen molar-refractivity contribution in [3.8, 4) is 0 Å². The van der Waals surface area contributed by atoms with Gasteiger partial charge in [0.1, 0.15) is 5.82 Å². The van der Waals surface area contributed by atoms with Gasteiger partial charge in [-0.15, -0.1) is 0 Å². The zero-order valence-electron chi connectivity index (χ0n) is 14.4. The van der Waals surface area contributed by atoms with Gasteiger partial charge in [0.2, 0.25) is 10.0 Å². The van der Waals surface area contributed by atoms with Crippen LogP contribution in [-0.4, -0.2) is 40.4 Å². The number of imidazole rings is 1. The lowest BCUT2D eigenvalue weighted by molar-refractivity contribution is 0.0656. The van der Waals surface area contributed by atoms with E-state index in [1.165, 1.54) is 19.2 Å². The van der Waals surface area contributed by atoms with Gasteiger partial charge in [-0.1, -0.05) is 19.9 Å². The average molecular weight is 387 g/mol. The third kappa shape index (κ3) is 3.91. The SMILES string of the molecule is CC(C)c1ccc(C(=O)O)cc1S(=O)(=O)N(C)Cc1nccn1C(F)F. The normalized spacial score (nSPS) is 12.3. The van der Waals surface area contributed by atoms with Crippen molar-refractivity contribution in [2.24, 2.45) is 0 Å². The number of carboxylic acid groups (broad SMARTS) is 1. The smallest absolute Gasteiger partial charge is 0.335 e. The molecule has 7 nitrogen and oxygen atoms in total. The van der Waals surface area contributed by atoms with Gasteiger partial charge in [-0.2, -0.15) is 13.1 Å². The molecular weight excluding hydrogens is 368 g/mol. The molecule has 0 atom stereocenters. The Balaban J connectivity index is 2.47. The second-order valence-electron chi connectivity index (χ2n) is 6.00. The number of rotatable bonds is 7. The Morgan fingerprint density at radius 1 is 1.35 bits per heavy atom. The van der Waals surface area contributed by atoms with Gasteiger partial charge in [0.05, 0.1) is 17.0 Å². The number of carbonyl (C=O) groups is 1. The zero-order chi connectivity index (χ0) is 19.6. The van der Waals surface area contributed by atoms with Crippen LogP contribution in [0.5, 0.6) is 0 Å². The van der Waals surface area contributed by atoms with Crippen molar-refractivity contribution in [2.75, 3.05) is 7.05 Å². The summed E-state index contributed by atoms with van der Waals surface area (Å²) in [7, 11) is -2.88. The predicted molar refractivity (Wildman–Crippen MR) is 89.6 cm³/mol. The predicted octanol–water partition coefficient (Wildman–Crippen LogP) is 2.92. The van der Waals surface area contributed by atoms with E-state index in [2.05, 4.69) is 4.98 Å². The van der Waals surface area contributed by atoms with Crippen LogP contribution in [0.25, 0.3) is 0 Å². The minimum Gasteiger partial charge on any atom is -0.478 e. The molecule has 0 amide bonds. The van der Waals surface area contributed by atoms with E-state index < -0.39 is 22.5 Å². The lowest BCUT2D eigenvalue weighted by atomic mass is 10.0. The highest BCUT2D eigenvalue weighted by Gasteiger charge is 2.28. The van der Waals surface area contributed by atoms with Gasteiger partial charge in [0.25, 0.3) is 0 Å². The average Bonchev–Trinajstić information content (AvgIpc) is 3.02. The minimum atomic E-state index is -4.12. The Morgan fingerprint density at radius 2 is 2.00 bits per heavy atom. The molecule has 0 aliphatic carbocycles. The number of nitrogens with zero attached hydrogens (tertiary/aromatic N) is 3. The highest BCUT2D eigenvalue weighted by molar-refractivity contribution is 7.89. The highest BCUT2D eigenvalue weighted by Crippen LogP contribution is 2.28.